The number of amides is 2. The standard InChI is InChI=1S/C20H26N2O4S/c1-13(2)17(20(25)26)22-11-7-6-10-15(19(22)24)21-18(23)16(27)12-14-8-4-3-5-9-14/h3-5,7-9,11,13,15-17,27H,6,10,12H2,1-2H3,(H,21,23)(H,25,26)/t15-,16-,17-/m0/s1. The van der Waals surface area contributed by atoms with Crippen LogP contribution in [0, 0.1) is 5.92 Å². The lowest BCUT2D eigenvalue weighted by molar-refractivity contribution is -0.150. The van der Waals surface area contributed by atoms with Crippen LogP contribution in [-0.2, 0) is 20.8 Å². The van der Waals surface area contributed by atoms with E-state index >= 15 is 0 Å². The Labute approximate surface area is 165 Å². The second-order valence-electron chi connectivity index (χ2n) is 7.00. The molecular formula is C20H26N2O4S. The van der Waals surface area contributed by atoms with E-state index in [0.29, 0.717) is 19.3 Å². The predicted octanol–water partition coefficient (Wildman–Crippen LogP) is 2.26. The molecule has 1 aromatic rings. The predicted molar refractivity (Wildman–Crippen MR) is 106 cm³/mol. The SMILES string of the molecule is CC(C)[C@@H](C(=O)O)N1C=CCC[C@H](NC(=O)[C@@H](S)Cc2ccccc2)C1=O. The fraction of sp³-hybridized carbons (Fsp3) is 0.450. The van der Waals surface area contributed by atoms with Crippen molar-refractivity contribution < 1.29 is 19.5 Å². The number of carboxylic acid groups (broad SMARTS) is 1. The normalized spacial score (nSPS) is 19.5. The third-order valence-electron chi connectivity index (χ3n) is 4.52. The lowest BCUT2D eigenvalue weighted by atomic mass is 10.0. The molecule has 0 fully saturated rings. The zero-order valence-electron chi connectivity index (χ0n) is 15.5. The van der Waals surface area contributed by atoms with Gasteiger partial charge < -0.3 is 15.3 Å². The summed E-state index contributed by atoms with van der Waals surface area (Å²) in [5, 5.41) is 11.7. The third kappa shape index (κ3) is 5.60. The van der Waals surface area contributed by atoms with E-state index in [2.05, 4.69) is 17.9 Å². The van der Waals surface area contributed by atoms with E-state index < -0.39 is 29.2 Å². The summed E-state index contributed by atoms with van der Waals surface area (Å²) in [5.74, 6) is -2.07. The smallest absolute Gasteiger partial charge is 0.327 e. The van der Waals surface area contributed by atoms with Gasteiger partial charge in [0.2, 0.25) is 11.8 Å². The van der Waals surface area contributed by atoms with Gasteiger partial charge in [0.05, 0.1) is 5.25 Å². The van der Waals surface area contributed by atoms with E-state index in [1.807, 2.05) is 30.3 Å². The van der Waals surface area contributed by atoms with Gasteiger partial charge in [0.25, 0.3) is 0 Å². The van der Waals surface area contributed by atoms with Gasteiger partial charge in [0.1, 0.15) is 12.1 Å². The quantitative estimate of drug-likeness (QED) is 0.624. The number of carbonyl (C=O) groups is 3. The molecule has 0 aliphatic carbocycles. The highest BCUT2D eigenvalue weighted by atomic mass is 32.1. The first-order chi connectivity index (χ1) is 12.8. The van der Waals surface area contributed by atoms with Crippen LogP contribution in [0.25, 0.3) is 0 Å². The molecule has 1 aromatic carbocycles. The molecule has 0 bridgehead atoms. The number of hydrogen-bond donors (Lipinski definition) is 3. The molecule has 0 saturated heterocycles. The van der Waals surface area contributed by atoms with Crippen LogP contribution in [0.15, 0.2) is 42.6 Å². The maximum Gasteiger partial charge on any atom is 0.327 e. The van der Waals surface area contributed by atoms with Crippen LogP contribution < -0.4 is 5.32 Å². The van der Waals surface area contributed by atoms with Gasteiger partial charge in [0, 0.05) is 6.20 Å². The molecular weight excluding hydrogens is 364 g/mol. The molecule has 146 valence electrons. The second-order valence-corrected chi connectivity index (χ2v) is 7.62. The van der Waals surface area contributed by atoms with Gasteiger partial charge in [-0.15, -0.1) is 0 Å². The van der Waals surface area contributed by atoms with Crippen molar-refractivity contribution in [3.8, 4) is 0 Å². The van der Waals surface area contributed by atoms with Crippen molar-refractivity contribution in [1.29, 1.82) is 0 Å². The average Bonchev–Trinajstić information content (AvgIpc) is 2.78. The van der Waals surface area contributed by atoms with Crippen LogP contribution in [0.2, 0.25) is 0 Å². The fourth-order valence-electron chi connectivity index (χ4n) is 3.11. The first kappa shape index (κ1) is 21.0. The van der Waals surface area contributed by atoms with E-state index in [-0.39, 0.29) is 11.8 Å². The maximum absolute atomic E-state index is 12.9. The molecule has 2 rings (SSSR count). The molecule has 0 radical (unpaired) electrons. The Hall–Kier alpha value is -2.28. The minimum atomic E-state index is -1.06. The number of rotatable bonds is 7. The van der Waals surface area contributed by atoms with Gasteiger partial charge in [-0.1, -0.05) is 50.3 Å². The van der Waals surface area contributed by atoms with E-state index in [1.54, 1.807) is 19.9 Å². The molecule has 1 aliphatic heterocycles. The lowest BCUT2D eigenvalue weighted by Crippen LogP contribution is -2.53. The third-order valence-corrected chi connectivity index (χ3v) is 4.93. The Bertz CT molecular complexity index is 705. The fourth-order valence-corrected chi connectivity index (χ4v) is 3.40. The summed E-state index contributed by atoms with van der Waals surface area (Å²) in [6.45, 7) is 3.50. The van der Waals surface area contributed by atoms with Crippen molar-refractivity contribution in [3.05, 3.63) is 48.2 Å². The van der Waals surface area contributed by atoms with Gasteiger partial charge >= 0.3 is 5.97 Å². The number of benzene rings is 1. The second kappa shape index (κ2) is 9.60. The Morgan fingerprint density at radius 1 is 1.30 bits per heavy atom. The number of allylic oxidation sites excluding steroid dienone is 1. The molecule has 1 aliphatic rings. The number of carbonyl (C=O) groups excluding carboxylic acids is 2. The molecule has 2 amide bonds. The van der Waals surface area contributed by atoms with Crippen molar-refractivity contribution in [1.82, 2.24) is 10.2 Å². The van der Waals surface area contributed by atoms with Crippen molar-refractivity contribution >= 4 is 30.4 Å². The number of aliphatic carboxylic acids is 1. The molecule has 1 heterocycles. The molecule has 0 unspecified atom stereocenters. The summed E-state index contributed by atoms with van der Waals surface area (Å²) in [6.07, 6.45) is 4.74. The Morgan fingerprint density at radius 3 is 2.56 bits per heavy atom. The Kier molecular flexibility index (Phi) is 7.47. The van der Waals surface area contributed by atoms with Crippen LogP contribution in [0.5, 0.6) is 0 Å². The van der Waals surface area contributed by atoms with Crippen molar-refractivity contribution in [2.45, 2.75) is 50.4 Å². The summed E-state index contributed by atoms with van der Waals surface area (Å²) in [7, 11) is 0. The number of hydrogen-bond acceptors (Lipinski definition) is 4. The van der Waals surface area contributed by atoms with Crippen LogP contribution in [-0.4, -0.2) is 45.1 Å². The number of carboxylic acids is 1. The van der Waals surface area contributed by atoms with Crippen molar-refractivity contribution in [3.63, 3.8) is 0 Å². The molecule has 0 saturated carbocycles. The van der Waals surface area contributed by atoms with Gasteiger partial charge in [0.15, 0.2) is 0 Å². The summed E-state index contributed by atoms with van der Waals surface area (Å²) in [6, 6.07) is 7.78. The Balaban J connectivity index is 2.07. The van der Waals surface area contributed by atoms with Gasteiger partial charge in [-0.25, -0.2) is 4.79 Å². The molecule has 3 atom stereocenters. The van der Waals surface area contributed by atoms with E-state index in [9.17, 15) is 19.5 Å². The minimum Gasteiger partial charge on any atom is -0.480 e. The summed E-state index contributed by atoms with van der Waals surface area (Å²) < 4.78 is 0. The monoisotopic (exact) mass is 390 g/mol. The molecule has 6 nitrogen and oxygen atoms in total. The van der Waals surface area contributed by atoms with Crippen LogP contribution in [0.4, 0.5) is 0 Å². The van der Waals surface area contributed by atoms with Crippen molar-refractivity contribution in [2.24, 2.45) is 5.92 Å². The first-order valence-corrected chi connectivity index (χ1v) is 9.57. The average molecular weight is 391 g/mol. The summed E-state index contributed by atoms with van der Waals surface area (Å²) in [4.78, 5) is 38.2. The largest absolute Gasteiger partial charge is 0.480 e. The van der Waals surface area contributed by atoms with Crippen LogP contribution >= 0.6 is 12.6 Å². The minimum absolute atomic E-state index is 0.263. The summed E-state index contributed by atoms with van der Waals surface area (Å²) in [5.41, 5.74) is 0.980. The highest BCUT2D eigenvalue weighted by molar-refractivity contribution is 7.81. The summed E-state index contributed by atoms with van der Waals surface area (Å²) >= 11 is 4.37. The number of nitrogens with zero attached hydrogens (tertiary/aromatic N) is 1. The molecule has 27 heavy (non-hydrogen) atoms. The highest BCUT2D eigenvalue weighted by Crippen LogP contribution is 2.19. The molecule has 2 N–H and O–H groups in total. The van der Waals surface area contributed by atoms with E-state index in [0.717, 1.165) is 5.56 Å². The zero-order valence-corrected chi connectivity index (χ0v) is 16.4. The van der Waals surface area contributed by atoms with E-state index in [1.165, 1.54) is 11.1 Å². The molecule has 0 aromatic heterocycles. The first-order valence-electron chi connectivity index (χ1n) is 9.05. The van der Waals surface area contributed by atoms with E-state index in [4.69, 9.17) is 0 Å². The lowest BCUT2D eigenvalue weighted by Gasteiger charge is -2.30. The topological polar surface area (TPSA) is 86.7 Å². The van der Waals surface area contributed by atoms with Gasteiger partial charge in [-0.05, 0) is 30.7 Å². The maximum atomic E-state index is 12.9. The highest BCUT2D eigenvalue weighted by Gasteiger charge is 2.36. The molecule has 0 spiro atoms. The van der Waals surface area contributed by atoms with Gasteiger partial charge in [-0.2, -0.15) is 12.6 Å². The zero-order chi connectivity index (χ0) is 20.0. The van der Waals surface area contributed by atoms with Crippen molar-refractivity contribution in [2.75, 3.05) is 0 Å². The number of thiol groups is 1. The molecule has 7 heteroatoms. The van der Waals surface area contributed by atoms with Crippen LogP contribution in [0.3, 0.4) is 0 Å². The van der Waals surface area contributed by atoms with Crippen LogP contribution in [0.1, 0.15) is 32.3 Å². The Morgan fingerprint density at radius 2 is 1.96 bits per heavy atom. The number of nitrogens with one attached hydrogen (secondary N) is 1. The van der Waals surface area contributed by atoms with Gasteiger partial charge in [-0.3, -0.25) is 9.59 Å².